The van der Waals surface area contributed by atoms with Gasteiger partial charge in [0.25, 0.3) is 0 Å². The first-order valence-corrected chi connectivity index (χ1v) is 14.2. The van der Waals surface area contributed by atoms with E-state index in [9.17, 15) is 9.59 Å². The van der Waals surface area contributed by atoms with Gasteiger partial charge in [-0.15, -0.1) is 5.54 Å². The van der Waals surface area contributed by atoms with Crippen molar-refractivity contribution in [3.8, 4) is 11.5 Å². The molecule has 32 heavy (non-hydrogen) atoms. The van der Waals surface area contributed by atoms with Crippen LogP contribution in [-0.4, -0.2) is 26.6 Å². The number of hydrogen-bond donors (Lipinski definition) is 0. The molecule has 5 heteroatoms. The number of ether oxygens (including phenoxy) is 2. The molecule has 0 heterocycles. The summed E-state index contributed by atoms with van der Waals surface area (Å²) in [6, 6.07) is 9.63. The van der Waals surface area contributed by atoms with Crippen molar-refractivity contribution in [2.75, 3.05) is 6.61 Å². The van der Waals surface area contributed by atoms with Gasteiger partial charge in [0.2, 0.25) is 0 Å². The van der Waals surface area contributed by atoms with Crippen LogP contribution < -0.4 is 0 Å². The molecule has 1 unspecified atom stereocenters. The topological polar surface area (TPSA) is 52.6 Å². The van der Waals surface area contributed by atoms with Gasteiger partial charge in [-0.3, -0.25) is 9.59 Å². The maximum atomic E-state index is 13.4. The number of esters is 2. The molecular formula is C27H42O4Si. The highest BCUT2D eigenvalue weighted by Gasteiger charge is 2.44. The van der Waals surface area contributed by atoms with Crippen LogP contribution in [0.1, 0.15) is 80.2 Å². The molecule has 0 aliphatic rings. The fourth-order valence-electron chi connectivity index (χ4n) is 4.70. The van der Waals surface area contributed by atoms with E-state index >= 15 is 0 Å². The number of hydrogen-bond acceptors (Lipinski definition) is 4. The van der Waals surface area contributed by atoms with E-state index < -0.39 is 13.5 Å². The molecule has 1 aromatic rings. The molecule has 0 amide bonds. The summed E-state index contributed by atoms with van der Waals surface area (Å²) in [5, 5.41) is 0. The molecule has 178 valence electrons. The van der Waals surface area contributed by atoms with Crippen LogP contribution in [0.2, 0.25) is 16.6 Å². The summed E-state index contributed by atoms with van der Waals surface area (Å²) in [4.78, 5) is 25.5. The summed E-state index contributed by atoms with van der Waals surface area (Å²) in [5.41, 5.74) is 4.97. The summed E-state index contributed by atoms with van der Waals surface area (Å²) < 4.78 is 10.9. The standard InChI is InChI=1S/C27H42O4Si/c1-9-27(17-16-25(28)30-10-2,26(29)31-20-24-14-12-11-13-15-24)18-19-32(21(3)4,22(5)6)23(7)8/h11-15,21-23H,9-10,16-17,20H2,1-8H3. The van der Waals surface area contributed by atoms with Gasteiger partial charge in [0.15, 0.2) is 0 Å². The van der Waals surface area contributed by atoms with Gasteiger partial charge >= 0.3 is 11.9 Å². The minimum atomic E-state index is -2.04. The molecule has 1 aromatic carbocycles. The summed E-state index contributed by atoms with van der Waals surface area (Å²) in [6.07, 6.45) is 0.948. The second-order valence-corrected chi connectivity index (χ2v) is 15.0. The van der Waals surface area contributed by atoms with Crippen molar-refractivity contribution in [1.82, 2.24) is 0 Å². The van der Waals surface area contributed by atoms with Crippen LogP contribution in [0.3, 0.4) is 0 Å². The van der Waals surface area contributed by atoms with E-state index in [4.69, 9.17) is 9.47 Å². The highest BCUT2D eigenvalue weighted by atomic mass is 28.3. The third kappa shape index (κ3) is 6.97. The molecule has 0 spiro atoms. The lowest BCUT2D eigenvalue weighted by Crippen LogP contribution is -2.44. The van der Waals surface area contributed by atoms with Crippen LogP contribution in [-0.2, 0) is 25.7 Å². The Hall–Kier alpha value is -2.06. The van der Waals surface area contributed by atoms with Crippen molar-refractivity contribution in [3.63, 3.8) is 0 Å². The van der Waals surface area contributed by atoms with Crippen molar-refractivity contribution in [2.45, 2.75) is 97.9 Å². The highest BCUT2D eigenvalue weighted by Crippen LogP contribution is 2.41. The maximum absolute atomic E-state index is 13.4. The molecule has 1 atom stereocenters. The van der Waals surface area contributed by atoms with E-state index in [-0.39, 0.29) is 25.0 Å². The minimum Gasteiger partial charge on any atom is -0.466 e. The van der Waals surface area contributed by atoms with Gasteiger partial charge in [0.05, 0.1) is 6.61 Å². The minimum absolute atomic E-state index is 0.149. The van der Waals surface area contributed by atoms with Crippen LogP contribution in [0.25, 0.3) is 0 Å². The van der Waals surface area contributed by atoms with Gasteiger partial charge in [0.1, 0.15) is 20.1 Å². The van der Waals surface area contributed by atoms with E-state index in [0.717, 1.165) is 5.56 Å². The lowest BCUT2D eigenvalue weighted by atomic mass is 9.81. The molecule has 0 saturated heterocycles. The average molecular weight is 459 g/mol. The van der Waals surface area contributed by atoms with Gasteiger partial charge in [-0.2, -0.15) is 0 Å². The molecule has 4 nitrogen and oxygen atoms in total. The molecule has 0 saturated carbocycles. The van der Waals surface area contributed by atoms with Crippen LogP contribution in [0.4, 0.5) is 0 Å². The van der Waals surface area contributed by atoms with Gasteiger partial charge < -0.3 is 9.47 Å². The van der Waals surface area contributed by atoms with Crippen LogP contribution in [0, 0.1) is 16.9 Å². The Labute approximate surface area is 196 Å². The van der Waals surface area contributed by atoms with Crippen LogP contribution in [0.5, 0.6) is 0 Å². The zero-order valence-electron chi connectivity index (χ0n) is 21.3. The van der Waals surface area contributed by atoms with Crippen LogP contribution >= 0.6 is 0 Å². The second kappa shape index (κ2) is 12.8. The molecule has 0 aliphatic heterocycles. The van der Waals surface area contributed by atoms with Gasteiger partial charge in [-0.1, -0.05) is 84.7 Å². The summed E-state index contributed by atoms with van der Waals surface area (Å²) in [6.45, 7) is 17.8. The zero-order chi connectivity index (χ0) is 24.4. The van der Waals surface area contributed by atoms with Crippen molar-refractivity contribution in [1.29, 1.82) is 0 Å². The van der Waals surface area contributed by atoms with Crippen LogP contribution in [0.15, 0.2) is 30.3 Å². The molecule has 0 aliphatic carbocycles. The Balaban J connectivity index is 3.36. The van der Waals surface area contributed by atoms with E-state index in [1.54, 1.807) is 6.92 Å². The average Bonchev–Trinajstić information content (AvgIpc) is 2.75. The fraction of sp³-hybridized carbons (Fsp3) is 0.630. The number of benzene rings is 1. The number of carbonyl (C=O) groups excluding carboxylic acids is 2. The van der Waals surface area contributed by atoms with Crippen molar-refractivity contribution < 1.29 is 19.1 Å². The first-order valence-electron chi connectivity index (χ1n) is 12.0. The largest absolute Gasteiger partial charge is 0.466 e. The Kier molecular flexibility index (Phi) is 11.2. The molecule has 0 aromatic heterocycles. The van der Waals surface area contributed by atoms with Crippen molar-refractivity contribution >= 4 is 20.0 Å². The Bertz CT molecular complexity index is 767. The van der Waals surface area contributed by atoms with Gasteiger partial charge in [0, 0.05) is 6.42 Å². The SMILES string of the molecule is CCOC(=O)CCC(C#C[Si](C(C)C)(C(C)C)C(C)C)(CC)C(=O)OCc1ccccc1. The third-order valence-electron chi connectivity index (χ3n) is 6.65. The summed E-state index contributed by atoms with van der Waals surface area (Å²) in [5.74, 6) is 2.78. The summed E-state index contributed by atoms with van der Waals surface area (Å²) in [7, 11) is -2.04. The molecule has 1 rings (SSSR count). The van der Waals surface area contributed by atoms with Gasteiger partial charge in [-0.05, 0) is 42.0 Å². The zero-order valence-corrected chi connectivity index (χ0v) is 22.3. The second-order valence-electron chi connectivity index (χ2n) is 9.45. The molecule has 0 radical (unpaired) electrons. The van der Waals surface area contributed by atoms with E-state index in [1.807, 2.05) is 37.3 Å². The normalized spacial score (nSPS) is 13.5. The highest BCUT2D eigenvalue weighted by molar-refractivity contribution is 6.90. The van der Waals surface area contributed by atoms with E-state index in [0.29, 0.717) is 36.1 Å². The maximum Gasteiger partial charge on any atom is 0.324 e. The number of rotatable bonds is 11. The molecule has 0 bridgehead atoms. The molecule has 0 fully saturated rings. The molecular weight excluding hydrogens is 416 g/mol. The van der Waals surface area contributed by atoms with Crippen molar-refractivity contribution in [2.24, 2.45) is 5.41 Å². The Morgan fingerprint density at radius 3 is 1.97 bits per heavy atom. The molecule has 0 N–H and O–H groups in total. The lowest BCUT2D eigenvalue weighted by Gasteiger charge is -2.38. The van der Waals surface area contributed by atoms with Crippen molar-refractivity contribution in [3.05, 3.63) is 35.9 Å². The predicted molar refractivity (Wildman–Crippen MR) is 134 cm³/mol. The summed E-state index contributed by atoms with van der Waals surface area (Å²) >= 11 is 0. The predicted octanol–water partition coefficient (Wildman–Crippen LogP) is 6.69. The first kappa shape index (κ1) is 28.0. The Morgan fingerprint density at radius 1 is 0.938 bits per heavy atom. The fourth-order valence-corrected chi connectivity index (χ4v) is 10.0. The smallest absolute Gasteiger partial charge is 0.324 e. The Morgan fingerprint density at radius 2 is 1.50 bits per heavy atom. The van der Waals surface area contributed by atoms with E-state index in [2.05, 4.69) is 53.0 Å². The third-order valence-corrected chi connectivity index (χ3v) is 12.9. The quantitative estimate of drug-likeness (QED) is 0.210. The van der Waals surface area contributed by atoms with E-state index in [1.165, 1.54) is 0 Å². The monoisotopic (exact) mass is 458 g/mol. The number of carbonyl (C=O) groups is 2. The first-order chi connectivity index (χ1) is 15.1. The lowest BCUT2D eigenvalue weighted by molar-refractivity contribution is -0.155. The van der Waals surface area contributed by atoms with Gasteiger partial charge in [-0.25, -0.2) is 0 Å².